The van der Waals surface area contributed by atoms with E-state index < -0.39 is 5.82 Å². The maximum absolute atomic E-state index is 13.9. The third kappa shape index (κ3) is 5.43. The van der Waals surface area contributed by atoms with Gasteiger partial charge in [-0.15, -0.1) is 0 Å². The quantitative estimate of drug-likeness (QED) is 0.624. The molecule has 1 aromatic heterocycles. The molecule has 3 rings (SSSR count). The standard InChI is InChI=1S/C20H21FN4O2/c21-17-12-16(22)5-6-19(17)27-18-7-9-23-13-15(18)4-3-8-24-20(26)14-25-10-1-2-11-25/h5-7,9,12-13H,1-2,8,10-11,14,22H2,(H,24,26). The van der Waals surface area contributed by atoms with Crippen LogP contribution in [0.3, 0.4) is 0 Å². The lowest BCUT2D eigenvalue weighted by Crippen LogP contribution is -2.35. The normalized spacial score (nSPS) is 13.7. The molecule has 3 N–H and O–H groups in total. The second kappa shape index (κ2) is 9.01. The van der Waals surface area contributed by atoms with Gasteiger partial charge in [0.25, 0.3) is 0 Å². The Balaban J connectivity index is 1.59. The number of rotatable bonds is 5. The maximum Gasteiger partial charge on any atom is 0.234 e. The van der Waals surface area contributed by atoms with Crippen molar-refractivity contribution in [3.8, 4) is 23.3 Å². The van der Waals surface area contributed by atoms with Crippen molar-refractivity contribution in [2.75, 3.05) is 31.9 Å². The van der Waals surface area contributed by atoms with Gasteiger partial charge in [0.15, 0.2) is 11.6 Å². The molecule has 0 unspecified atom stereocenters. The number of amides is 1. The summed E-state index contributed by atoms with van der Waals surface area (Å²) in [5.74, 6) is 5.61. The molecule has 0 radical (unpaired) electrons. The number of halogens is 1. The fourth-order valence-electron chi connectivity index (χ4n) is 2.76. The third-order valence-electron chi connectivity index (χ3n) is 4.12. The molecule has 0 bridgehead atoms. The average molecular weight is 368 g/mol. The minimum atomic E-state index is -0.556. The largest absolute Gasteiger partial charge is 0.453 e. The highest BCUT2D eigenvalue weighted by molar-refractivity contribution is 5.78. The highest BCUT2D eigenvalue weighted by Gasteiger charge is 2.14. The number of nitrogens with two attached hydrogens (primary N) is 1. The fraction of sp³-hybridized carbons (Fsp3) is 0.300. The van der Waals surface area contributed by atoms with Gasteiger partial charge in [-0.25, -0.2) is 4.39 Å². The van der Waals surface area contributed by atoms with E-state index in [1.165, 1.54) is 24.5 Å². The molecule has 2 aromatic rings. The van der Waals surface area contributed by atoms with Crippen molar-refractivity contribution >= 4 is 11.6 Å². The van der Waals surface area contributed by atoms with Crippen LogP contribution in [0.25, 0.3) is 0 Å². The third-order valence-corrected chi connectivity index (χ3v) is 4.12. The van der Waals surface area contributed by atoms with E-state index in [-0.39, 0.29) is 18.2 Å². The van der Waals surface area contributed by atoms with E-state index in [1.54, 1.807) is 12.1 Å². The summed E-state index contributed by atoms with van der Waals surface area (Å²) in [5, 5.41) is 2.77. The number of nitrogen functional groups attached to an aromatic ring is 1. The number of likely N-dealkylation sites (tertiary alicyclic amines) is 1. The van der Waals surface area contributed by atoms with Crippen LogP contribution in [-0.4, -0.2) is 42.0 Å². The Morgan fingerprint density at radius 3 is 2.89 bits per heavy atom. The zero-order valence-electron chi connectivity index (χ0n) is 14.9. The number of aromatic nitrogens is 1. The highest BCUT2D eigenvalue weighted by Crippen LogP contribution is 2.27. The Bertz CT molecular complexity index is 870. The predicted octanol–water partition coefficient (Wildman–Crippen LogP) is 2.16. The SMILES string of the molecule is Nc1ccc(Oc2ccncc2C#CCNC(=O)CN2CCCC2)c(F)c1. The number of nitrogens with one attached hydrogen (secondary N) is 1. The van der Waals surface area contributed by atoms with Crippen LogP contribution in [0, 0.1) is 17.7 Å². The van der Waals surface area contributed by atoms with E-state index in [0.717, 1.165) is 25.9 Å². The van der Waals surface area contributed by atoms with E-state index in [1.807, 2.05) is 0 Å². The Morgan fingerprint density at radius 2 is 2.11 bits per heavy atom. The number of anilines is 1. The van der Waals surface area contributed by atoms with Gasteiger partial charge in [0, 0.05) is 30.2 Å². The first-order chi connectivity index (χ1) is 13.1. The van der Waals surface area contributed by atoms with Crippen molar-refractivity contribution < 1.29 is 13.9 Å². The summed E-state index contributed by atoms with van der Waals surface area (Å²) in [4.78, 5) is 18.0. The molecular formula is C20H21FN4O2. The maximum atomic E-state index is 13.9. The molecule has 0 aliphatic carbocycles. The molecule has 0 atom stereocenters. The molecule has 2 heterocycles. The van der Waals surface area contributed by atoms with Crippen LogP contribution < -0.4 is 15.8 Å². The van der Waals surface area contributed by atoms with Gasteiger partial charge in [-0.1, -0.05) is 11.8 Å². The van der Waals surface area contributed by atoms with Gasteiger partial charge >= 0.3 is 0 Å². The Hall–Kier alpha value is -3.11. The summed E-state index contributed by atoms with van der Waals surface area (Å²) in [6.45, 7) is 2.56. The average Bonchev–Trinajstić information content (AvgIpc) is 3.15. The number of pyridine rings is 1. The first kappa shape index (κ1) is 18.7. The molecule has 0 saturated carbocycles. The summed E-state index contributed by atoms with van der Waals surface area (Å²) in [6.07, 6.45) is 5.36. The van der Waals surface area contributed by atoms with Crippen LogP contribution in [0.1, 0.15) is 18.4 Å². The van der Waals surface area contributed by atoms with Crippen LogP contribution in [0.5, 0.6) is 11.5 Å². The number of carbonyl (C=O) groups is 1. The number of hydrogen-bond donors (Lipinski definition) is 2. The molecule has 140 valence electrons. The van der Waals surface area contributed by atoms with Crippen LogP contribution >= 0.6 is 0 Å². The molecule has 6 nitrogen and oxygen atoms in total. The lowest BCUT2D eigenvalue weighted by Gasteiger charge is -2.12. The minimum Gasteiger partial charge on any atom is -0.453 e. The number of hydrogen-bond acceptors (Lipinski definition) is 5. The summed E-state index contributed by atoms with van der Waals surface area (Å²) >= 11 is 0. The van der Waals surface area contributed by atoms with E-state index in [2.05, 4.69) is 27.0 Å². The first-order valence-corrected chi connectivity index (χ1v) is 8.76. The van der Waals surface area contributed by atoms with Crippen LogP contribution in [-0.2, 0) is 4.79 Å². The molecule has 1 aliphatic heterocycles. The van der Waals surface area contributed by atoms with Crippen molar-refractivity contribution in [1.82, 2.24) is 15.2 Å². The minimum absolute atomic E-state index is 0.0437. The Labute approximate surface area is 157 Å². The second-order valence-electron chi connectivity index (χ2n) is 6.23. The molecule has 1 saturated heterocycles. The molecule has 1 amide bonds. The van der Waals surface area contributed by atoms with E-state index in [4.69, 9.17) is 10.5 Å². The predicted molar refractivity (Wildman–Crippen MR) is 101 cm³/mol. The zero-order valence-corrected chi connectivity index (χ0v) is 14.9. The Kier molecular flexibility index (Phi) is 6.23. The van der Waals surface area contributed by atoms with Crippen LogP contribution in [0.15, 0.2) is 36.7 Å². The van der Waals surface area contributed by atoms with Crippen molar-refractivity contribution in [3.05, 3.63) is 48.0 Å². The smallest absolute Gasteiger partial charge is 0.234 e. The molecule has 7 heteroatoms. The van der Waals surface area contributed by atoms with Gasteiger partial charge in [-0.05, 0) is 38.1 Å². The number of carbonyl (C=O) groups excluding carboxylic acids is 1. The van der Waals surface area contributed by atoms with Gasteiger partial charge in [-0.3, -0.25) is 14.7 Å². The van der Waals surface area contributed by atoms with Crippen LogP contribution in [0.2, 0.25) is 0 Å². The second-order valence-corrected chi connectivity index (χ2v) is 6.23. The summed E-state index contributed by atoms with van der Waals surface area (Å²) in [5.41, 5.74) is 6.36. The van der Waals surface area contributed by atoms with Gasteiger partial charge in [-0.2, -0.15) is 0 Å². The molecule has 1 aromatic carbocycles. The number of ether oxygens (including phenoxy) is 1. The highest BCUT2D eigenvalue weighted by atomic mass is 19.1. The van der Waals surface area contributed by atoms with Crippen molar-refractivity contribution in [3.63, 3.8) is 0 Å². The number of nitrogens with zero attached hydrogens (tertiary/aromatic N) is 2. The molecule has 27 heavy (non-hydrogen) atoms. The molecule has 1 fully saturated rings. The Morgan fingerprint density at radius 1 is 1.30 bits per heavy atom. The molecule has 0 spiro atoms. The monoisotopic (exact) mass is 368 g/mol. The van der Waals surface area contributed by atoms with E-state index in [9.17, 15) is 9.18 Å². The topological polar surface area (TPSA) is 80.5 Å². The van der Waals surface area contributed by atoms with Gasteiger partial charge < -0.3 is 15.8 Å². The van der Waals surface area contributed by atoms with Crippen molar-refractivity contribution in [1.29, 1.82) is 0 Å². The van der Waals surface area contributed by atoms with Gasteiger partial charge in [0.1, 0.15) is 5.75 Å². The van der Waals surface area contributed by atoms with Crippen LogP contribution in [0.4, 0.5) is 10.1 Å². The first-order valence-electron chi connectivity index (χ1n) is 8.76. The van der Waals surface area contributed by atoms with Crippen molar-refractivity contribution in [2.45, 2.75) is 12.8 Å². The summed E-state index contributed by atoms with van der Waals surface area (Å²) in [7, 11) is 0. The summed E-state index contributed by atoms with van der Waals surface area (Å²) in [6, 6.07) is 5.81. The fourth-order valence-corrected chi connectivity index (χ4v) is 2.76. The van der Waals surface area contributed by atoms with E-state index in [0.29, 0.717) is 23.5 Å². The van der Waals surface area contributed by atoms with E-state index >= 15 is 0 Å². The summed E-state index contributed by atoms with van der Waals surface area (Å²) < 4.78 is 19.5. The van der Waals surface area contributed by atoms with Gasteiger partial charge in [0.05, 0.1) is 18.7 Å². The number of benzene rings is 1. The zero-order chi connectivity index (χ0) is 19.1. The van der Waals surface area contributed by atoms with Gasteiger partial charge in [0.2, 0.25) is 5.91 Å². The van der Waals surface area contributed by atoms with Crippen molar-refractivity contribution in [2.24, 2.45) is 0 Å². The molecular weight excluding hydrogens is 347 g/mol. The molecule has 1 aliphatic rings. The lowest BCUT2D eigenvalue weighted by molar-refractivity contribution is -0.121. The lowest BCUT2D eigenvalue weighted by atomic mass is 10.2.